The molecular formula is C13H17BrN4. The Bertz CT molecular complexity index is 562. The summed E-state index contributed by atoms with van der Waals surface area (Å²) in [5, 5.41) is 4.30. The summed E-state index contributed by atoms with van der Waals surface area (Å²) in [5.41, 5.74) is 10.4. The average Bonchev–Trinajstić information content (AvgIpc) is 2.69. The van der Waals surface area contributed by atoms with E-state index in [2.05, 4.69) is 32.9 Å². The lowest BCUT2D eigenvalue weighted by Crippen LogP contribution is -2.19. The molecule has 96 valence electrons. The average molecular weight is 309 g/mol. The molecule has 4 nitrogen and oxygen atoms in total. The molecule has 2 rings (SSSR count). The molecule has 2 heterocycles. The predicted octanol–water partition coefficient (Wildman–Crippen LogP) is 2.73. The Kier molecular flexibility index (Phi) is 3.82. The van der Waals surface area contributed by atoms with Gasteiger partial charge in [0.15, 0.2) is 0 Å². The molecule has 2 aromatic heterocycles. The monoisotopic (exact) mass is 308 g/mol. The van der Waals surface area contributed by atoms with Crippen LogP contribution >= 0.6 is 15.9 Å². The smallest absolute Gasteiger partial charge is 0.0752 e. The van der Waals surface area contributed by atoms with Crippen LogP contribution in [0.2, 0.25) is 0 Å². The quantitative estimate of drug-likeness (QED) is 0.948. The molecule has 2 N–H and O–H groups in total. The lowest BCUT2D eigenvalue weighted by Gasteiger charge is -2.16. The molecule has 0 spiro atoms. The predicted molar refractivity (Wildman–Crippen MR) is 75.3 cm³/mol. The molecule has 0 fully saturated rings. The molecule has 0 aromatic carbocycles. The summed E-state index contributed by atoms with van der Waals surface area (Å²) in [6, 6.07) is 3.82. The largest absolute Gasteiger partial charge is 0.319 e. The van der Waals surface area contributed by atoms with Crippen LogP contribution in [0.1, 0.15) is 35.6 Å². The van der Waals surface area contributed by atoms with Crippen molar-refractivity contribution < 1.29 is 0 Å². The number of nitrogens with zero attached hydrogens (tertiary/aromatic N) is 3. The molecule has 5 heteroatoms. The van der Waals surface area contributed by atoms with Crippen molar-refractivity contribution in [2.75, 3.05) is 0 Å². The first kappa shape index (κ1) is 13.2. The Morgan fingerprint density at radius 2 is 2.11 bits per heavy atom. The van der Waals surface area contributed by atoms with Gasteiger partial charge < -0.3 is 5.73 Å². The van der Waals surface area contributed by atoms with Crippen LogP contribution in [0.3, 0.4) is 0 Å². The van der Waals surface area contributed by atoms with Crippen LogP contribution in [-0.2, 0) is 6.54 Å². The first-order chi connectivity index (χ1) is 8.54. The van der Waals surface area contributed by atoms with Crippen molar-refractivity contribution >= 4 is 15.9 Å². The third-order valence-corrected chi connectivity index (χ3v) is 3.64. The molecule has 1 unspecified atom stereocenters. The number of halogens is 1. The third-order valence-electron chi connectivity index (χ3n) is 3.03. The zero-order valence-electron chi connectivity index (χ0n) is 10.8. The summed E-state index contributed by atoms with van der Waals surface area (Å²) < 4.78 is 2.85. The van der Waals surface area contributed by atoms with E-state index in [4.69, 9.17) is 5.73 Å². The van der Waals surface area contributed by atoms with Gasteiger partial charge in [-0.2, -0.15) is 5.10 Å². The number of aryl methyl sites for hydroxylation is 3. The van der Waals surface area contributed by atoms with E-state index in [0.717, 1.165) is 33.7 Å². The maximum absolute atomic E-state index is 6.36. The van der Waals surface area contributed by atoms with Crippen LogP contribution in [0.15, 0.2) is 22.8 Å². The Morgan fingerprint density at radius 3 is 2.72 bits per heavy atom. The van der Waals surface area contributed by atoms with E-state index in [-0.39, 0.29) is 6.04 Å². The van der Waals surface area contributed by atoms with Gasteiger partial charge >= 0.3 is 0 Å². The lowest BCUT2D eigenvalue weighted by molar-refractivity contribution is 0.598. The maximum Gasteiger partial charge on any atom is 0.0752 e. The highest BCUT2D eigenvalue weighted by Gasteiger charge is 2.19. The minimum atomic E-state index is -0.213. The van der Waals surface area contributed by atoms with Crippen LogP contribution < -0.4 is 5.73 Å². The van der Waals surface area contributed by atoms with Crippen molar-refractivity contribution in [3.05, 3.63) is 45.4 Å². The van der Waals surface area contributed by atoms with Crippen LogP contribution in [0.5, 0.6) is 0 Å². The van der Waals surface area contributed by atoms with Gasteiger partial charge in [0.05, 0.1) is 22.4 Å². The Hall–Kier alpha value is -1.20. The molecule has 0 saturated carbocycles. The summed E-state index contributed by atoms with van der Waals surface area (Å²) in [6.07, 6.45) is 1.79. The molecule has 0 amide bonds. The van der Waals surface area contributed by atoms with Gasteiger partial charge in [-0.15, -0.1) is 0 Å². The minimum absolute atomic E-state index is 0.213. The van der Waals surface area contributed by atoms with Crippen molar-refractivity contribution in [3.8, 4) is 0 Å². The van der Waals surface area contributed by atoms with Crippen LogP contribution in [0.4, 0.5) is 0 Å². The summed E-state index contributed by atoms with van der Waals surface area (Å²) in [4.78, 5) is 4.46. The fourth-order valence-corrected chi connectivity index (χ4v) is 2.65. The van der Waals surface area contributed by atoms with Crippen LogP contribution in [0.25, 0.3) is 0 Å². The molecule has 0 aliphatic heterocycles. The van der Waals surface area contributed by atoms with Gasteiger partial charge in [0.2, 0.25) is 0 Å². The second kappa shape index (κ2) is 5.20. The molecular weight excluding hydrogens is 292 g/mol. The van der Waals surface area contributed by atoms with Crippen molar-refractivity contribution in [2.45, 2.75) is 33.4 Å². The zero-order chi connectivity index (χ0) is 13.3. The van der Waals surface area contributed by atoms with Gasteiger partial charge in [-0.1, -0.05) is 6.07 Å². The number of pyridine rings is 1. The van der Waals surface area contributed by atoms with E-state index >= 15 is 0 Å². The highest BCUT2D eigenvalue weighted by atomic mass is 79.9. The van der Waals surface area contributed by atoms with E-state index in [1.807, 2.05) is 30.7 Å². The molecule has 0 saturated heterocycles. The number of rotatable bonds is 3. The Balaban J connectivity index is 2.47. The Morgan fingerprint density at radius 1 is 1.39 bits per heavy atom. The van der Waals surface area contributed by atoms with Gasteiger partial charge in [0, 0.05) is 17.9 Å². The van der Waals surface area contributed by atoms with Gasteiger partial charge in [0.25, 0.3) is 0 Å². The zero-order valence-corrected chi connectivity index (χ0v) is 12.4. The molecule has 0 aliphatic rings. The summed E-state index contributed by atoms with van der Waals surface area (Å²) in [5.74, 6) is 0. The van der Waals surface area contributed by atoms with Crippen molar-refractivity contribution in [1.29, 1.82) is 0 Å². The fraction of sp³-hybridized carbons (Fsp3) is 0.385. The molecule has 0 aliphatic carbocycles. The van der Waals surface area contributed by atoms with Crippen LogP contribution in [-0.4, -0.2) is 14.8 Å². The maximum atomic E-state index is 6.36. The number of nitrogens with two attached hydrogens (primary N) is 1. The van der Waals surface area contributed by atoms with E-state index in [9.17, 15) is 0 Å². The van der Waals surface area contributed by atoms with Crippen molar-refractivity contribution in [2.24, 2.45) is 5.73 Å². The first-order valence-corrected chi connectivity index (χ1v) is 6.74. The molecule has 2 aromatic rings. The third kappa shape index (κ3) is 2.33. The Labute approximate surface area is 115 Å². The second-order valence-electron chi connectivity index (χ2n) is 4.30. The summed E-state index contributed by atoms with van der Waals surface area (Å²) in [6.45, 7) is 6.82. The highest BCUT2D eigenvalue weighted by Crippen LogP contribution is 2.28. The lowest BCUT2D eigenvalue weighted by atomic mass is 10.0. The van der Waals surface area contributed by atoms with Gasteiger partial charge in [-0.25, -0.2) is 0 Å². The molecule has 18 heavy (non-hydrogen) atoms. The highest BCUT2D eigenvalue weighted by molar-refractivity contribution is 9.10. The standard InChI is InChI=1S/C13H17BrN4/c1-4-18-13(11(14)7-16-18)12(15)10-6-5-8(2)17-9(10)3/h5-7,12H,4,15H2,1-3H3. The van der Waals surface area contributed by atoms with Gasteiger partial charge in [0.1, 0.15) is 0 Å². The molecule has 1 atom stereocenters. The number of hydrogen-bond acceptors (Lipinski definition) is 3. The van der Waals surface area contributed by atoms with Gasteiger partial charge in [-0.05, 0) is 48.3 Å². The topological polar surface area (TPSA) is 56.7 Å². The van der Waals surface area contributed by atoms with E-state index in [1.54, 1.807) is 6.20 Å². The van der Waals surface area contributed by atoms with E-state index in [0.29, 0.717) is 0 Å². The molecule has 0 radical (unpaired) electrons. The summed E-state index contributed by atoms with van der Waals surface area (Å²) in [7, 11) is 0. The number of hydrogen-bond donors (Lipinski definition) is 1. The first-order valence-electron chi connectivity index (χ1n) is 5.95. The van der Waals surface area contributed by atoms with E-state index in [1.165, 1.54) is 0 Å². The second-order valence-corrected chi connectivity index (χ2v) is 5.15. The van der Waals surface area contributed by atoms with Crippen molar-refractivity contribution in [1.82, 2.24) is 14.8 Å². The SMILES string of the molecule is CCn1ncc(Br)c1C(N)c1ccc(C)nc1C. The fourth-order valence-electron chi connectivity index (χ4n) is 2.11. The van der Waals surface area contributed by atoms with Crippen molar-refractivity contribution in [3.63, 3.8) is 0 Å². The van der Waals surface area contributed by atoms with Gasteiger partial charge in [-0.3, -0.25) is 9.67 Å². The van der Waals surface area contributed by atoms with E-state index < -0.39 is 0 Å². The normalized spacial score (nSPS) is 12.7. The van der Waals surface area contributed by atoms with Crippen LogP contribution in [0, 0.1) is 13.8 Å². The summed E-state index contributed by atoms with van der Waals surface area (Å²) >= 11 is 3.51. The minimum Gasteiger partial charge on any atom is -0.319 e. The number of aromatic nitrogens is 3. The molecule has 0 bridgehead atoms.